The lowest BCUT2D eigenvalue weighted by atomic mass is 9.76. The Morgan fingerprint density at radius 3 is 1.90 bits per heavy atom. The van der Waals surface area contributed by atoms with Gasteiger partial charge in [-0.1, -0.05) is 43.2 Å². The molecule has 0 atom stereocenters. The zero-order valence-corrected chi connectivity index (χ0v) is 16.6. The highest BCUT2D eigenvalue weighted by Gasteiger charge is 2.26. The van der Waals surface area contributed by atoms with Gasteiger partial charge in [0.2, 0.25) is 10.9 Å². The molecule has 0 amide bonds. The molecule has 0 unspecified atom stereocenters. The summed E-state index contributed by atoms with van der Waals surface area (Å²) in [5.74, 6) is 0.479. The zero-order valence-electron chi connectivity index (χ0n) is 16.6. The van der Waals surface area contributed by atoms with Crippen molar-refractivity contribution in [2.24, 2.45) is 0 Å². The molecule has 0 aromatic heterocycles. The lowest BCUT2D eigenvalue weighted by Crippen LogP contribution is -2.13. The van der Waals surface area contributed by atoms with E-state index in [1.165, 1.54) is 6.07 Å². The summed E-state index contributed by atoms with van der Waals surface area (Å²) in [5, 5.41) is 20.7. The Labute approximate surface area is 170 Å². The molecule has 0 saturated heterocycles. The van der Waals surface area contributed by atoms with Crippen molar-refractivity contribution in [3.63, 3.8) is 0 Å². The van der Waals surface area contributed by atoms with Gasteiger partial charge in [-0.15, -0.1) is 0 Å². The first kappa shape index (κ1) is 19.7. The van der Waals surface area contributed by atoms with E-state index in [1.807, 2.05) is 18.2 Å². The first-order chi connectivity index (χ1) is 14.0. The molecule has 2 aliphatic rings. The second-order valence-electron chi connectivity index (χ2n) is 8.56. The van der Waals surface area contributed by atoms with Crippen molar-refractivity contribution >= 4 is 0 Å². The third-order valence-corrected chi connectivity index (χ3v) is 6.83. The molecular formula is C25H28O4. The third kappa shape index (κ3) is 4.07. The average Bonchev–Trinajstić information content (AvgIpc) is 3.15. The van der Waals surface area contributed by atoms with Crippen LogP contribution in [0.2, 0.25) is 0 Å². The summed E-state index contributed by atoms with van der Waals surface area (Å²) in [6, 6.07) is 12.3. The Hall–Kier alpha value is -2.62. The summed E-state index contributed by atoms with van der Waals surface area (Å²) < 4.78 is 0. The minimum absolute atomic E-state index is 0.0819. The highest BCUT2D eigenvalue weighted by molar-refractivity contribution is 5.38. The zero-order chi connectivity index (χ0) is 20.4. The van der Waals surface area contributed by atoms with Gasteiger partial charge in [0.1, 0.15) is 0 Å². The van der Waals surface area contributed by atoms with Crippen LogP contribution in [-0.2, 0) is 0 Å². The molecule has 0 bridgehead atoms. The molecule has 2 aromatic rings. The van der Waals surface area contributed by atoms with Gasteiger partial charge < -0.3 is 10.2 Å². The number of rotatable bonds is 3. The van der Waals surface area contributed by atoms with E-state index in [0.717, 1.165) is 68.1 Å². The molecule has 2 fully saturated rings. The largest absolute Gasteiger partial charge is 0.504 e. The molecular weight excluding hydrogens is 364 g/mol. The molecule has 152 valence electrons. The molecule has 2 aromatic carbocycles. The van der Waals surface area contributed by atoms with Crippen molar-refractivity contribution in [1.29, 1.82) is 0 Å². The normalized spacial score (nSPS) is 22.5. The van der Waals surface area contributed by atoms with Crippen LogP contribution in [0.15, 0.2) is 52.1 Å². The van der Waals surface area contributed by atoms with Gasteiger partial charge in [0.05, 0.1) is 0 Å². The van der Waals surface area contributed by atoms with E-state index >= 15 is 0 Å². The Balaban J connectivity index is 1.55. The predicted molar refractivity (Wildman–Crippen MR) is 114 cm³/mol. The summed E-state index contributed by atoms with van der Waals surface area (Å²) in [7, 11) is 0. The molecule has 2 aliphatic carbocycles. The van der Waals surface area contributed by atoms with E-state index in [9.17, 15) is 19.8 Å². The Morgan fingerprint density at radius 2 is 1.17 bits per heavy atom. The monoisotopic (exact) mass is 392 g/mol. The van der Waals surface area contributed by atoms with Crippen LogP contribution in [0.25, 0.3) is 0 Å². The molecule has 29 heavy (non-hydrogen) atoms. The van der Waals surface area contributed by atoms with Crippen molar-refractivity contribution in [3.05, 3.63) is 79.6 Å². The van der Waals surface area contributed by atoms with Gasteiger partial charge in [-0.3, -0.25) is 9.59 Å². The Kier molecular flexibility index (Phi) is 5.70. The number of hydrogen-bond acceptors (Lipinski definition) is 4. The van der Waals surface area contributed by atoms with Crippen LogP contribution in [0.3, 0.4) is 0 Å². The van der Waals surface area contributed by atoms with E-state index in [0.29, 0.717) is 5.92 Å². The van der Waals surface area contributed by atoms with Gasteiger partial charge >= 0.3 is 0 Å². The quantitative estimate of drug-likeness (QED) is 0.778. The van der Waals surface area contributed by atoms with Crippen molar-refractivity contribution in [3.8, 4) is 11.5 Å². The van der Waals surface area contributed by atoms with Crippen LogP contribution < -0.4 is 10.9 Å². The van der Waals surface area contributed by atoms with Gasteiger partial charge in [0, 0.05) is 11.1 Å². The number of hydrogen-bond donors (Lipinski definition) is 2. The van der Waals surface area contributed by atoms with Crippen LogP contribution in [0.5, 0.6) is 11.5 Å². The topological polar surface area (TPSA) is 74.6 Å². The molecule has 0 aliphatic heterocycles. The smallest absolute Gasteiger partial charge is 0.220 e. The first-order valence-electron chi connectivity index (χ1n) is 10.7. The maximum absolute atomic E-state index is 12.5. The maximum atomic E-state index is 12.5. The van der Waals surface area contributed by atoms with E-state index in [1.54, 1.807) is 18.2 Å². The predicted octanol–water partition coefficient (Wildman–Crippen LogP) is 4.92. The van der Waals surface area contributed by atoms with Crippen molar-refractivity contribution in [1.82, 2.24) is 0 Å². The average molecular weight is 392 g/mol. The van der Waals surface area contributed by atoms with Crippen molar-refractivity contribution in [2.45, 2.75) is 69.1 Å². The summed E-state index contributed by atoms with van der Waals surface area (Å²) in [5.41, 5.74) is 1.89. The van der Waals surface area contributed by atoms with E-state index in [4.69, 9.17) is 0 Å². The second-order valence-corrected chi connectivity index (χ2v) is 8.56. The first-order valence-corrected chi connectivity index (χ1v) is 10.7. The molecule has 2 saturated carbocycles. The number of aromatic hydroxyl groups is 2. The fourth-order valence-electron chi connectivity index (χ4n) is 5.16. The summed E-state index contributed by atoms with van der Waals surface area (Å²) >= 11 is 0. The van der Waals surface area contributed by atoms with E-state index < -0.39 is 0 Å². The molecule has 0 radical (unpaired) electrons. The minimum Gasteiger partial charge on any atom is -0.504 e. The summed E-state index contributed by atoms with van der Waals surface area (Å²) in [6.45, 7) is 0. The molecule has 4 rings (SSSR count). The Morgan fingerprint density at radius 1 is 0.621 bits per heavy atom. The maximum Gasteiger partial charge on any atom is 0.220 e. The van der Waals surface area contributed by atoms with Gasteiger partial charge in [-0.05, 0) is 74.0 Å². The van der Waals surface area contributed by atoms with Gasteiger partial charge in [0.15, 0.2) is 11.5 Å². The molecule has 4 nitrogen and oxygen atoms in total. The van der Waals surface area contributed by atoms with Crippen LogP contribution in [0.1, 0.15) is 85.8 Å². The SMILES string of the molecule is O=c1cc(C2CCC(c3ccccc(=O)c3O)CC2)ccc(C2CCCC2)c1O. The van der Waals surface area contributed by atoms with Crippen molar-refractivity contribution in [2.75, 3.05) is 0 Å². The Bertz CT molecular complexity index is 1000. The lowest BCUT2D eigenvalue weighted by Gasteiger charge is -2.28. The standard InChI is InChI=1S/C25H28O4/c26-22-8-4-3-7-20(24(22)28)18-11-9-16(10-12-18)19-13-14-21(17-5-1-2-6-17)25(29)23(27)15-19/h3-4,7-8,13-18H,1-2,5-6,9-12H2,(H,26,28)(H,27,29). The lowest BCUT2D eigenvalue weighted by molar-refractivity contribution is 0.381. The highest BCUT2D eigenvalue weighted by atomic mass is 16.3. The third-order valence-electron chi connectivity index (χ3n) is 6.83. The van der Waals surface area contributed by atoms with Crippen molar-refractivity contribution < 1.29 is 10.2 Å². The molecule has 2 N–H and O–H groups in total. The van der Waals surface area contributed by atoms with Gasteiger partial charge in [0.25, 0.3) is 0 Å². The van der Waals surface area contributed by atoms with Crippen LogP contribution in [0, 0.1) is 0 Å². The second kappa shape index (κ2) is 8.40. The fourth-order valence-corrected chi connectivity index (χ4v) is 5.16. The summed E-state index contributed by atoms with van der Waals surface area (Å²) in [4.78, 5) is 24.4. The summed E-state index contributed by atoms with van der Waals surface area (Å²) in [6.07, 6.45) is 7.88. The van der Waals surface area contributed by atoms with E-state index in [-0.39, 0.29) is 34.2 Å². The molecule has 0 heterocycles. The van der Waals surface area contributed by atoms with E-state index in [2.05, 4.69) is 0 Å². The van der Waals surface area contributed by atoms with Crippen LogP contribution >= 0.6 is 0 Å². The van der Waals surface area contributed by atoms with Gasteiger partial charge in [-0.2, -0.15) is 0 Å². The van der Waals surface area contributed by atoms with Crippen LogP contribution in [-0.4, -0.2) is 10.2 Å². The van der Waals surface area contributed by atoms with Gasteiger partial charge in [-0.25, -0.2) is 0 Å². The van der Waals surface area contributed by atoms with Crippen LogP contribution in [0.4, 0.5) is 0 Å². The molecule has 0 spiro atoms. The molecule has 4 heteroatoms. The highest BCUT2D eigenvalue weighted by Crippen LogP contribution is 2.42. The fraction of sp³-hybridized carbons (Fsp3) is 0.440. The minimum atomic E-state index is -0.340.